The smallest absolute Gasteiger partial charge is 0.132 e. The number of hydrogen-bond acceptors (Lipinski definition) is 3. The summed E-state index contributed by atoms with van der Waals surface area (Å²) >= 11 is 0. The van der Waals surface area contributed by atoms with E-state index in [4.69, 9.17) is 5.26 Å². The molecule has 0 unspecified atom stereocenters. The Kier molecular flexibility index (Phi) is 3.21. The summed E-state index contributed by atoms with van der Waals surface area (Å²) in [5.41, 5.74) is -0.828. The van der Waals surface area contributed by atoms with E-state index in [-0.39, 0.29) is 12.2 Å². The number of aliphatic hydroxyl groups is 1. The van der Waals surface area contributed by atoms with Crippen molar-refractivity contribution in [1.82, 2.24) is 0 Å². The molecule has 3 heteroatoms. The molecular formula is C8H13NO2. The molecule has 62 valence electrons. The maximum atomic E-state index is 10.5. The SMILES string of the molecule is CC(=O)C[C@@H](O)C(C)(C)C#N. The van der Waals surface area contributed by atoms with Crippen molar-refractivity contribution in [3.8, 4) is 6.07 Å². The Labute approximate surface area is 66.6 Å². The molecule has 0 aliphatic heterocycles. The molecule has 0 rings (SSSR count). The van der Waals surface area contributed by atoms with Crippen LogP contribution in [0.25, 0.3) is 0 Å². The minimum atomic E-state index is -0.856. The summed E-state index contributed by atoms with van der Waals surface area (Å²) in [5, 5.41) is 17.9. The first-order chi connectivity index (χ1) is 4.90. The van der Waals surface area contributed by atoms with E-state index < -0.39 is 11.5 Å². The lowest BCUT2D eigenvalue weighted by atomic mass is 9.86. The number of ketones is 1. The average Bonchev–Trinajstić information content (AvgIpc) is 1.86. The van der Waals surface area contributed by atoms with Gasteiger partial charge in [0.2, 0.25) is 0 Å². The first-order valence-corrected chi connectivity index (χ1v) is 3.49. The Morgan fingerprint density at radius 1 is 1.73 bits per heavy atom. The van der Waals surface area contributed by atoms with Crippen LogP contribution in [0.5, 0.6) is 0 Å². The zero-order valence-corrected chi connectivity index (χ0v) is 7.09. The molecule has 0 fully saturated rings. The number of hydrogen-bond donors (Lipinski definition) is 1. The summed E-state index contributed by atoms with van der Waals surface area (Å²) in [6, 6.07) is 1.94. The minimum Gasteiger partial charge on any atom is -0.391 e. The van der Waals surface area contributed by atoms with Gasteiger partial charge in [-0.05, 0) is 20.8 Å². The highest BCUT2D eigenvalue weighted by Crippen LogP contribution is 2.21. The van der Waals surface area contributed by atoms with E-state index in [1.807, 2.05) is 6.07 Å². The topological polar surface area (TPSA) is 61.1 Å². The number of aliphatic hydroxyl groups excluding tert-OH is 1. The Hall–Kier alpha value is -0.880. The van der Waals surface area contributed by atoms with Crippen molar-refractivity contribution in [3.05, 3.63) is 0 Å². The van der Waals surface area contributed by atoms with E-state index in [9.17, 15) is 9.90 Å². The number of nitrogens with zero attached hydrogens (tertiary/aromatic N) is 1. The number of rotatable bonds is 3. The van der Waals surface area contributed by atoms with Crippen molar-refractivity contribution in [2.45, 2.75) is 33.3 Å². The first-order valence-electron chi connectivity index (χ1n) is 3.49. The summed E-state index contributed by atoms with van der Waals surface area (Å²) in [4.78, 5) is 10.5. The maximum Gasteiger partial charge on any atom is 0.132 e. The Bertz CT molecular complexity index is 191. The van der Waals surface area contributed by atoms with E-state index in [0.717, 1.165) is 0 Å². The highest BCUT2D eigenvalue weighted by molar-refractivity contribution is 5.76. The van der Waals surface area contributed by atoms with Crippen LogP contribution < -0.4 is 0 Å². The molecule has 0 aromatic carbocycles. The molecule has 0 amide bonds. The summed E-state index contributed by atoms with van der Waals surface area (Å²) in [7, 11) is 0. The van der Waals surface area contributed by atoms with Gasteiger partial charge in [-0.1, -0.05) is 0 Å². The highest BCUT2D eigenvalue weighted by atomic mass is 16.3. The van der Waals surface area contributed by atoms with Crippen molar-refractivity contribution >= 4 is 5.78 Å². The van der Waals surface area contributed by atoms with Crippen LogP contribution in [0, 0.1) is 16.7 Å². The fraction of sp³-hybridized carbons (Fsp3) is 0.750. The molecule has 0 spiro atoms. The monoisotopic (exact) mass is 155 g/mol. The standard InChI is InChI=1S/C8H13NO2/c1-6(10)4-7(11)8(2,3)5-9/h7,11H,4H2,1-3H3/t7-/m1/s1. The van der Waals surface area contributed by atoms with Gasteiger partial charge >= 0.3 is 0 Å². The Morgan fingerprint density at radius 2 is 2.18 bits per heavy atom. The third-order valence-corrected chi connectivity index (χ3v) is 1.60. The van der Waals surface area contributed by atoms with Crippen molar-refractivity contribution < 1.29 is 9.90 Å². The lowest BCUT2D eigenvalue weighted by Gasteiger charge is -2.21. The summed E-state index contributed by atoms with van der Waals surface area (Å²) in [6.07, 6.45) is -0.800. The van der Waals surface area contributed by atoms with Crippen molar-refractivity contribution in [3.63, 3.8) is 0 Å². The lowest BCUT2D eigenvalue weighted by molar-refractivity contribution is -0.119. The van der Waals surface area contributed by atoms with Crippen LogP contribution >= 0.6 is 0 Å². The largest absolute Gasteiger partial charge is 0.391 e. The highest BCUT2D eigenvalue weighted by Gasteiger charge is 2.28. The fourth-order valence-electron chi connectivity index (χ4n) is 0.602. The fourth-order valence-corrected chi connectivity index (χ4v) is 0.602. The molecule has 1 N–H and O–H groups in total. The third kappa shape index (κ3) is 3.15. The zero-order valence-electron chi connectivity index (χ0n) is 7.09. The van der Waals surface area contributed by atoms with Gasteiger partial charge in [-0.15, -0.1) is 0 Å². The van der Waals surface area contributed by atoms with Crippen LogP contribution in [0.15, 0.2) is 0 Å². The molecule has 0 aromatic rings. The first kappa shape index (κ1) is 10.1. The molecule has 0 aliphatic rings. The Morgan fingerprint density at radius 3 is 2.45 bits per heavy atom. The molecule has 11 heavy (non-hydrogen) atoms. The van der Waals surface area contributed by atoms with Gasteiger partial charge < -0.3 is 5.11 Å². The number of carbonyl (C=O) groups excluding carboxylic acids is 1. The molecule has 0 heterocycles. The predicted octanol–water partition coefficient (Wildman–Crippen LogP) is 0.876. The second-order valence-corrected chi connectivity index (χ2v) is 3.26. The Balaban J connectivity index is 4.15. The van der Waals surface area contributed by atoms with Gasteiger partial charge in [0.15, 0.2) is 0 Å². The van der Waals surface area contributed by atoms with Gasteiger partial charge in [-0.25, -0.2) is 0 Å². The van der Waals surface area contributed by atoms with E-state index in [0.29, 0.717) is 0 Å². The van der Waals surface area contributed by atoms with E-state index >= 15 is 0 Å². The summed E-state index contributed by atoms with van der Waals surface area (Å²) < 4.78 is 0. The minimum absolute atomic E-state index is 0.0561. The van der Waals surface area contributed by atoms with Crippen LogP contribution in [0.2, 0.25) is 0 Å². The van der Waals surface area contributed by atoms with Crippen LogP contribution in [0.1, 0.15) is 27.2 Å². The van der Waals surface area contributed by atoms with Gasteiger partial charge in [0.05, 0.1) is 17.6 Å². The van der Waals surface area contributed by atoms with Gasteiger partial charge in [-0.3, -0.25) is 4.79 Å². The van der Waals surface area contributed by atoms with Crippen LogP contribution in [-0.4, -0.2) is 17.0 Å². The second kappa shape index (κ2) is 3.49. The molecule has 0 saturated heterocycles. The number of nitriles is 1. The van der Waals surface area contributed by atoms with Gasteiger partial charge in [0, 0.05) is 6.42 Å². The molecule has 0 aliphatic carbocycles. The van der Waals surface area contributed by atoms with Crippen molar-refractivity contribution in [2.24, 2.45) is 5.41 Å². The predicted molar refractivity (Wildman–Crippen MR) is 40.7 cm³/mol. The van der Waals surface area contributed by atoms with E-state index in [1.165, 1.54) is 6.92 Å². The van der Waals surface area contributed by atoms with Gasteiger partial charge in [-0.2, -0.15) is 5.26 Å². The van der Waals surface area contributed by atoms with Crippen LogP contribution in [-0.2, 0) is 4.79 Å². The van der Waals surface area contributed by atoms with E-state index in [2.05, 4.69) is 0 Å². The number of Topliss-reactive ketones (excluding diaryl/α,β-unsaturated/α-hetero) is 1. The maximum absolute atomic E-state index is 10.5. The van der Waals surface area contributed by atoms with Crippen molar-refractivity contribution in [1.29, 1.82) is 5.26 Å². The van der Waals surface area contributed by atoms with Gasteiger partial charge in [0.1, 0.15) is 5.78 Å². The third-order valence-electron chi connectivity index (χ3n) is 1.60. The van der Waals surface area contributed by atoms with Crippen LogP contribution in [0.3, 0.4) is 0 Å². The van der Waals surface area contributed by atoms with E-state index in [1.54, 1.807) is 13.8 Å². The molecule has 0 radical (unpaired) electrons. The van der Waals surface area contributed by atoms with Crippen LogP contribution in [0.4, 0.5) is 0 Å². The molecule has 0 aromatic heterocycles. The quantitative estimate of drug-likeness (QED) is 0.658. The zero-order chi connectivity index (χ0) is 9.07. The summed E-state index contributed by atoms with van der Waals surface area (Å²) in [5.74, 6) is -0.0965. The number of carbonyl (C=O) groups is 1. The molecule has 0 bridgehead atoms. The molecule has 3 nitrogen and oxygen atoms in total. The second-order valence-electron chi connectivity index (χ2n) is 3.26. The van der Waals surface area contributed by atoms with Gasteiger partial charge in [0.25, 0.3) is 0 Å². The lowest BCUT2D eigenvalue weighted by Crippen LogP contribution is -2.29. The average molecular weight is 155 g/mol. The summed E-state index contributed by atoms with van der Waals surface area (Å²) in [6.45, 7) is 4.62. The molecular weight excluding hydrogens is 142 g/mol. The van der Waals surface area contributed by atoms with Crippen molar-refractivity contribution in [2.75, 3.05) is 0 Å². The molecule has 1 atom stereocenters. The molecule has 0 saturated carbocycles. The normalized spacial score (nSPS) is 13.7.